The first kappa shape index (κ1) is 14.5. The Balaban J connectivity index is 0.00000144. The van der Waals surface area contributed by atoms with Gasteiger partial charge in [-0.1, -0.05) is 0 Å². The first-order chi connectivity index (χ1) is 7.59. The summed E-state index contributed by atoms with van der Waals surface area (Å²) in [4.78, 5) is 14.0. The molecule has 17 heavy (non-hydrogen) atoms. The molecule has 0 spiro atoms. The van der Waals surface area contributed by atoms with Crippen LogP contribution in [-0.4, -0.2) is 39.7 Å². The molecule has 1 aliphatic heterocycles. The van der Waals surface area contributed by atoms with Gasteiger partial charge in [-0.25, -0.2) is 0 Å². The predicted molar refractivity (Wildman–Crippen MR) is 71.3 cm³/mol. The minimum Gasteiger partial charge on any atom is -0.336 e. The summed E-state index contributed by atoms with van der Waals surface area (Å²) in [6.45, 7) is 1.42. The van der Waals surface area contributed by atoms with Crippen molar-refractivity contribution in [3.63, 3.8) is 0 Å². The largest absolute Gasteiger partial charge is 0.336 e. The number of hydrogen-bond acceptors (Lipinski definition) is 3. The van der Waals surface area contributed by atoms with Crippen LogP contribution in [0.15, 0.2) is 10.7 Å². The number of nitrogens with two attached hydrogens (primary N) is 1. The third-order valence-corrected chi connectivity index (χ3v) is 3.42. The van der Waals surface area contributed by atoms with Gasteiger partial charge in [0, 0.05) is 26.2 Å². The number of piperidine rings is 1. The second-order valence-electron chi connectivity index (χ2n) is 4.12. The lowest BCUT2D eigenvalue weighted by Crippen LogP contribution is -2.46. The van der Waals surface area contributed by atoms with E-state index in [0.29, 0.717) is 12.2 Å². The highest BCUT2D eigenvalue weighted by Gasteiger charge is 2.25. The van der Waals surface area contributed by atoms with Crippen LogP contribution in [0.4, 0.5) is 0 Å². The van der Waals surface area contributed by atoms with Crippen molar-refractivity contribution >= 4 is 34.2 Å². The van der Waals surface area contributed by atoms with E-state index in [0.717, 1.165) is 23.9 Å². The van der Waals surface area contributed by atoms with Crippen molar-refractivity contribution in [2.24, 2.45) is 12.8 Å². The molecule has 1 aromatic rings. The van der Waals surface area contributed by atoms with E-state index in [4.69, 9.17) is 5.73 Å². The molecule has 0 unspecified atom stereocenters. The van der Waals surface area contributed by atoms with Crippen LogP contribution in [0.1, 0.15) is 23.3 Å². The van der Waals surface area contributed by atoms with Crippen LogP contribution in [0.3, 0.4) is 0 Å². The summed E-state index contributed by atoms with van der Waals surface area (Å²) >= 11 is 3.34. The maximum atomic E-state index is 12.2. The van der Waals surface area contributed by atoms with Crippen LogP contribution in [0.25, 0.3) is 0 Å². The summed E-state index contributed by atoms with van der Waals surface area (Å²) < 4.78 is 2.33. The van der Waals surface area contributed by atoms with Crippen LogP contribution >= 0.6 is 28.3 Å². The van der Waals surface area contributed by atoms with Gasteiger partial charge in [-0.15, -0.1) is 12.4 Å². The molecule has 0 radical (unpaired) electrons. The molecule has 1 aliphatic rings. The molecule has 0 bridgehead atoms. The molecule has 2 rings (SSSR count). The van der Waals surface area contributed by atoms with Crippen molar-refractivity contribution < 1.29 is 4.79 Å². The highest BCUT2D eigenvalue weighted by atomic mass is 79.9. The van der Waals surface area contributed by atoms with Crippen LogP contribution < -0.4 is 5.73 Å². The Morgan fingerprint density at radius 2 is 2.35 bits per heavy atom. The molecule has 1 amide bonds. The van der Waals surface area contributed by atoms with E-state index in [1.165, 1.54) is 0 Å². The van der Waals surface area contributed by atoms with Crippen molar-refractivity contribution in [2.45, 2.75) is 18.9 Å². The number of aryl methyl sites for hydroxylation is 1. The van der Waals surface area contributed by atoms with Crippen LogP contribution in [-0.2, 0) is 7.05 Å². The fraction of sp³-hybridized carbons (Fsp3) is 0.600. The van der Waals surface area contributed by atoms with E-state index in [-0.39, 0.29) is 24.4 Å². The summed E-state index contributed by atoms with van der Waals surface area (Å²) in [6.07, 6.45) is 3.61. The Morgan fingerprint density at radius 3 is 2.88 bits per heavy atom. The van der Waals surface area contributed by atoms with E-state index >= 15 is 0 Å². The Labute approximate surface area is 115 Å². The smallest absolute Gasteiger partial charge is 0.273 e. The SMILES string of the molecule is Cl.Cn1ncc(Br)c1C(=O)N1CCC[C@@H](N)C1. The Bertz CT molecular complexity index is 390. The van der Waals surface area contributed by atoms with Gasteiger partial charge >= 0.3 is 0 Å². The van der Waals surface area contributed by atoms with Crippen molar-refractivity contribution in [3.05, 3.63) is 16.4 Å². The molecule has 5 nitrogen and oxygen atoms in total. The van der Waals surface area contributed by atoms with Crippen molar-refractivity contribution in [1.29, 1.82) is 0 Å². The number of carbonyl (C=O) groups is 1. The minimum absolute atomic E-state index is 0. The molecule has 1 fully saturated rings. The second-order valence-corrected chi connectivity index (χ2v) is 4.97. The van der Waals surface area contributed by atoms with E-state index in [1.54, 1.807) is 22.8 Å². The lowest BCUT2D eigenvalue weighted by atomic mass is 10.1. The lowest BCUT2D eigenvalue weighted by Gasteiger charge is -2.30. The van der Waals surface area contributed by atoms with Gasteiger partial charge in [-0.2, -0.15) is 5.10 Å². The predicted octanol–water partition coefficient (Wildman–Crippen LogP) is 1.17. The Kier molecular flexibility index (Phi) is 4.97. The third kappa shape index (κ3) is 3.00. The Hall–Kier alpha value is -0.590. The van der Waals surface area contributed by atoms with Crippen molar-refractivity contribution in [2.75, 3.05) is 13.1 Å². The second kappa shape index (κ2) is 5.84. The minimum atomic E-state index is 0. The highest BCUT2D eigenvalue weighted by Crippen LogP contribution is 2.19. The van der Waals surface area contributed by atoms with Crippen LogP contribution in [0, 0.1) is 0 Å². The average Bonchev–Trinajstić information content (AvgIpc) is 2.58. The van der Waals surface area contributed by atoms with E-state index in [1.807, 2.05) is 0 Å². The summed E-state index contributed by atoms with van der Waals surface area (Å²) in [5.74, 6) is 0.00188. The van der Waals surface area contributed by atoms with E-state index in [2.05, 4.69) is 21.0 Å². The van der Waals surface area contributed by atoms with Gasteiger partial charge in [-0.05, 0) is 28.8 Å². The summed E-state index contributed by atoms with van der Waals surface area (Å²) in [5, 5.41) is 4.04. The van der Waals surface area contributed by atoms with Crippen LogP contribution in [0.5, 0.6) is 0 Å². The van der Waals surface area contributed by atoms with Crippen molar-refractivity contribution in [1.82, 2.24) is 14.7 Å². The third-order valence-electron chi connectivity index (χ3n) is 2.84. The van der Waals surface area contributed by atoms with Gasteiger partial charge in [0.25, 0.3) is 5.91 Å². The first-order valence-electron chi connectivity index (χ1n) is 5.32. The molecule has 96 valence electrons. The Morgan fingerprint density at radius 1 is 1.65 bits per heavy atom. The summed E-state index contributed by atoms with van der Waals surface area (Å²) in [6, 6.07) is 0.102. The molecular formula is C10H16BrClN4O. The number of nitrogens with zero attached hydrogens (tertiary/aromatic N) is 3. The maximum Gasteiger partial charge on any atom is 0.273 e. The van der Waals surface area contributed by atoms with E-state index < -0.39 is 0 Å². The van der Waals surface area contributed by atoms with Gasteiger partial charge < -0.3 is 10.6 Å². The maximum absolute atomic E-state index is 12.2. The quantitative estimate of drug-likeness (QED) is 0.844. The molecule has 1 atom stereocenters. The zero-order valence-electron chi connectivity index (χ0n) is 9.60. The zero-order chi connectivity index (χ0) is 11.7. The number of rotatable bonds is 1. The molecule has 2 N–H and O–H groups in total. The number of halogens is 2. The molecule has 0 saturated carbocycles. The summed E-state index contributed by atoms with van der Waals surface area (Å²) in [7, 11) is 1.77. The van der Waals surface area contributed by atoms with Crippen molar-refractivity contribution in [3.8, 4) is 0 Å². The molecule has 1 aromatic heterocycles. The fourth-order valence-electron chi connectivity index (χ4n) is 2.00. The standard InChI is InChI=1S/C10H15BrN4O.ClH/c1-14-9(8(11)5-13-14)10(16)15-4-2-3-7(12)6-15;/h5,7H,2-4,6,12H2,1H3;1H/t7-;/m1./s1. The van der Waals surface area contributed by atoms with Gasteiger partial charge in [-0.3, -0.25) is 9.48 Å². The fourth-order valence-corrected chi connectivity index (χ4v) is 2.51. The normalized spacial score (nSPS) is 19.9. The molecule has 0 aliphatic carbocycles. The lowest BCUT2D eigenvalue weighted by molar-refractivity contribution is 0.0696. The summed E-state index contributed by atoms with van der Waals surface area (Å²) in [5.41, 5.74) is 6.46. The van der Waals surface area contributed by atoms with Gasteiger partial charge in [0.2, 0.25) is 0 Å². The van der Waals surface area contributed by atoms with E-state index in [9.17, 15) is 4.79 Å². The van der Waals surface area contributed by atoms with Gasteiger partial charge in [0.1, 0.15) is 5.69 Å². The number of likely N-dealkylation sites (tertiary alicyclic amines) is 1. The average molecular weight is 324 g/mol. The first-order valence-corrected chi connectivity index (χ1v) is 6.11. The highest BCUT2D eigenvalue weighted by molar-refractivity contribution is 9.10. The van der Waals surface area contributed by atoms with Crippen LogP contribution in [0.2, 0.25) is 0 Å². The molecule has 7 heteroatoms. The molecule has 0 aromatic carbocycles. The molecule has 1 saturated heterocycles. The number of aromatic nitrogens is 2. The monoisotopic (exact) mass is 322 g/mol. The molecular weight excluding hydrogens is 307 g/mol. The zero-order valence-corrected chi connectivity index (χ0v) is 12.0. The number of carbonyl (C=O) groups excluding carboxylic acids is 1. The number of amides is 1. The number of hydrogen-bond donors (Lipinski definition) is 1. The van der Waals surface area contributed by atoms with Gasteiger partial charge in [0.05, 0.1) is 10.7 Å². The topological polar surface area (TPSA) is 64.2 Å². The van der Waals surface area contributed by atoms with Gasteiger partial charge in [0.15, 0.2) is 0 Å². The molecule has 2 heterocycles.